The molecule has 0 radical (unpaired) electrons. The number of tetrazole rings is 1. The average molecular weight is 409 g/mol. The highest BCUT2D eigenvalue weighted by atomic mass is 16.5. The first-order valence-corrected chi connectivity index (χ1v) is 10.1. The lowest BCUT2D eigenvalue weighted by Crippen LogP contribution is -2.19. The molecule has 8 nitrogen and oxygen atoms in total. The van der Waals surface area contributed by atoms with Gasteiger partial charge in [0.05, 0.1) is 32.0 Å². The van der Waals surface area contributed by atoms with Gasteiger partial charge in [-0.2, -0.15) is 4.80 Å². The quantitative estimate of drug-likeness (QED) is 0.614. The molecule has 0 spiro atoms. The predicted molar refractivity (Wildman–Crippen MR) is 113 cm³/mol. The molecule has 0 amide bonds. The molecule has 0 saturated carbocycles. The van der Waals surface area contributed by atoms with Crippen LogP contribution in [0.1, 0.15) is 49.3 Å². The Balaban J connectivity index is 1.98. The van der Waals surface area contributed by atoms with Crippen LogP contribution in [-0.4, -0.2) is 44.5 Å². The summed E-state index contributed by atoms with van der Waals surface area (Å²) in [6, 6.07) is 6.08. The molecule has 0 bridgehead atoms. The number of hydrogen-bond donors (Lipinski definition) is 0. The van der Waals surface area contributed by atoms with Gasteiger partial charge in [0.25, 0.3) is 0 Å². The fourth-order valence-corrected chi connectivity index (χ4v) is 4.03. The summed E-state index contributed by atoms with van der Waals surface area (Å²) >= 11 is 0. The van der Waals surface area contributed by atoms with E-state index in [1.54, 1.807) is 14.2 Å². The lowest BCUT2D eigenvalue weighted by atomic mass is 9.83. The van der Waals surface area contributed by atoms with Crippen molar-refractivity contribution in [2.45, 2.75) is 46.1 Å². The molecule has 0 fully saturated rings. The van der Waals surface area contributed by atoms with Gasteiger partial charge in [0, 0.05) is 12.1 Å². The minimum atomic E-state index is -0.290. The number of benzene rings is 1. The summed E-state index contributed by atoms with van der Waals surface area (Å²) in [5, 5.41) is 12.5. The molecule has 0 aliphatic carbocycles. The van der Waals surface area contributed by atoms with Gasteiger partial charge in [0.15, 0.2) is 0 Å². The van der Waals surface area contributed by atoms with Gasteiger partial charge < -0.3 is 14.0 Å². The number of nitrogens with zero attached hydrogens (tertiary/aromatic N) is 5. The van der Waals surface area contributed by atoms with Crippen molar-refractivity contribution in [3.63, 3.8) is 0 Å². The standard InChI is InChI=1S/C22H27N5O3/c1-7-30-21(28)17-12-16(22(2,3)4)19-14-11-15(20-23-25-26(5)24-20)18(29-6)10-13(14)8-9-27(17)19/h10-12H,7-9H2,1-6H3. The van der Waals surface area contributed by atoms with Crippen molar-refractivity contribution in [3.8, 4) is 28.4 Å². The topological polar surface area (TPSA) is 84.1 Å². The molecule has 2 aromatic heterocycles. The molecule has 30 heavy (non-hydrogen) atoms. The summed E-state index contributed by atoms with van der Waals surface area (Å²) in [5.41, 5.74) is 5.60. The van der Waals surface area contributed by atoms with Gasteiger partial charge in [0.2, 0.25) is 5.82 Å². The van der Waals surface area contributed by atoms with E-state index < -0.39 is 0 Å². The van der Waals surface area contributed by atoms with E-state index in [4.69, 9.17) is 9.47 Å². The highest BCUT2D eigenvalue weighted by molar-refractivity contribution is 5.91. The molecule has 3 heterocycles. The zero-order chi connectivity index (χ0) is 21.6. The van der Waals surface area contributed by atoms with Gasteiger partial charge in [0.1, 0.15) is 11.4 Å². The molecule has 1 aliphatic rings. The van der Waals surface area contributed by atoms with Crippen molar-refractivity contribution in [3.05, 3.63) is 35.0 Å². The Bertz CT molecular complexity index is 1120. The minimum Gasteiger partial charge on any atom is -0.496 e. The van der Waals surface area contributed by atoms with Crippen LogP contribution in [-0.2, 0) is 30.2 Å². The Morgan fingerprint density at radius 1 is 1.20 bits per heavy atom. The largest absolute Gasteiger partial charge is 0.496 e. The average Bonchev–Trinajstić information content (AvgIpc) is 3.30. The van der Waals surface area contributed by atoms with Crippen LogP contribution >= 0.6 is 0 Å². The van der Waals surface area contributed by atoms with Crippen molar-refractivity contribution < 1.29 is 14.3 Å². The molecule has 1 aliphatic heterocycles. The number of ether oxygens (including phenoxy) is 2. The van der Waals surface area contributed by atoms with Gasteiger partial charge >= 0.3 is 5.97 Å². The second kappa shape index (κ2) is 7.27. The molecule has 0 N–H and O–H groups in total. The zero-order valence-electron chi connectivity index (χ0n) is 18.3. The van der Waals surface area contributed by atoms with E-state index in [9.17, 15) is 4.79 Å². The number of hydrogen-bond acceptors (Lipinski definition) is 6. The summed E-state index contributed by atoms with van der Waals surface area (Å²) in [7, 11) is 3.38. The highest BCUT2D eigenvalue weighted by Crippen LogP contribution is 2.44. The van der Waals surface area contributed by atoms with Crippen molar-refractivity contribution in [1.29, 1.82) is 0 Å². The number of aryl methyl sites for hydroxylation is 2. The Morgan fingerprint density at radius 2 is 1.97 bits per heavy atom. The number of rotatable bonds is 4. The van der Waals surface area contributed by atoms with E-state index >= 15 is 0 Å². The normalized spacial score (nSPS) is 13.0. The van der Waals surface area contributed by atoms with E-state index in [0.717, 1.165) is 28.8 Å². The summed E-state index contributed by atoms with van der Waals surface area (Å²) < 4.78 is 13.1. The molecule has 158 valence electrons. The molecular weight excluding hydrogens is 382 g/mol. The van der Waals surface area contributed by atoms with Gasteiger partial charge in [-0.1, -0.05) is 20.8 Å². The smallest absolute Gasteiger partial charge is 0.354 e. The molecule has 1 aromatic carbocycles. The van der Waals surface area contributed by atoms with Gasteiger partial charge in [-0.3, -0.25) is 0 Å². The molecule has 8 heteroatoms. The third-order valence-electron chi connectivity index (χ3n) is 5.42. The Hall–Kier alpha value is -3.16. The van der Waals surface area contributed by atoms with Crippen LogP contribution in [0.3, 0.4) is 0 Å². The first-order chi connectivity index (χ1) is 14.2. The molecule has 0 atom stereocenters. The van der Waals surface area contributed by atoms with Crippen LogP contribution in [0.2, 0.25) is 0 Å². The lowest BCUT2D eigenvalue weighted by molar-refractivity contribution is 0.0513. The monoisotopic (exact) mass is 409 g/mol. The van der Waals surface area contributed by atoms with E-state index in [0.29, 0.717) is 30.4 Å². The SMILES string of the molecule is CCOC(=O)c1cc(C(C)(C)C)c2n1CCc1cc(OC)c(-c3nnn(C)n3)cc1-2. The minimum absolute atomic E-state index is 0.151. The van der Waals surface area contributed by atoms with Gasteiger partial charge in [-0.05, 0) is 53.3 Å². The zero-order valence-corrected chi connectivity index (χ0v) is 18.3. The fourth-order valence-electron chi connectivity index (χ4n) is 4.03. The van der Waals surface area contributed by atoms with Crippen molar-refractivity contribution in [2.75, 3.05) is 13.7 Å². The maximum absolute atomic E-state index is 12.7. The summed E-state index contributed by atoms with van der Waals surface area (Å²) in [6.45, 7) is 9.34. The maximum atomic E-state index is 12.7. The highest BCUT2D eigenvalue weighted by Gasteiger charge is 2.32. The number of aromatic nitrogens is 5. The Kier molecular flexibility index (Phi) is 4.88. The third-order valence-corrected chi connectivity index (χ3v) is 5.42. The van der Waals surface area contributed by atoms with Crippen LogP contribution in [0.4, 0.5) is 0 Å². The number of esters is 1. The molecule has 0 saturated heterocycles. The van der Waals surface area contributed by atoms with Crippen molar-refractivity contribution in [1.82, 2.24) is 24.8 Å². The first-order valence-electron chi connectivity index (χ1n) is 10.1. The van der Waals surface area contributed by atoms with Crippen molar-refractivity contribution in [2.24, 2.45) is 7.05 Å². The summed E-state index contributed by atoms with van der Waals surface area (Å²) in [6.07, 6.45) is 0.789. The van der Waals surface area contributed by atoms with Gasteiger partial charge in [-0.25, -0.2) is 4.79 Å². The molecular formula is C22H27N5O3. The second-order valence-corrected chi connectivity index (χ2v) is 8.48. The third kappa shape index (κ3) is 3.26. The van der Waals surface area contributed by atoms with E-state index in [-0.39, 0.29) is 11.4 Å². The summed E-state index contributed by atoms with van der Waals surface area (Å²) in [5.74, 6) is 0.926. The predicted octanol–water partition coefficient (Wildman–Crippen LogP) is 3.38. The number of methoxy groups -OCH3 is 1. The van der Waals surface area contributed by atoms with Crippen LogP contribution in [0.25, 0.3) is 22.6 Å². The molecule has 0 unspecified atom stereocenters. The second-order valence-electron chi connectivity index (χ2n) is 8.48. The van der Waals surface area contributed by atoms with Crippen LogP contribution in [0.15, 0.2) is 18.2 Å². The van der Waals surface area contributed by atoms with Crippen LogP contribution in [0.5, 0.6) is 5.75 Å². The number of carbonyl (C=O) groups excluding carboxylic acids is 1. The molecule has 3 aromatic rings. The van der Waals surface area contributed by atoms with Crippen LogP contribution < -0.4 is 4.74 Å². The van der Waals surface area contributed by atoms with E-state index in [2.05, 4.69) is 46.8 Å². The van der Waals surface area contributed by atoms with E-state index in [1.165, 1.54) is 10.4 Å². The fraction of sp³-hybridized carbons (Fsp3) is 0.455. The first kappa shape index (κ1) is 20.1. The Morgan fingerprint density at radius 3 is 2.57 bits per heavy atom. The lowest BCUT2D eigenvalue weighted by Gasteiger charge is -2.27. The van der Waals surface area contributed by atoms with Gasteiger partial charge in [-0.15, -0.1) is 10.2 Å². The maximum Gasteiger partial charge on any atom is 0.354 e. The van der Waals surface area contributed by atoms with E-state index in [1.807, 2.05) is 19.1 Å². The summed E-state index contributed by atoms with van der Waals surface area (Å²) in [4.78, 5) is 14.1. The van der Waals surface area contributed by atoms with Crippen molar-refractivity contribution >= 4 is 5.97 Å². The number of fused-ring (bicyclic) bond motifs is 3. The molecule has 4 rings (SSSR count). The number of carbonyl (C=O) groups is 1. The Labute approximate surface area is 175 Å². The van der Waals surface area contributed by atoms with Crippen LogP contribution in [0, 0.1) is 0 Å².